The lowest BCUT2D eigenvalue weighted by atomic mass is 10.1. The van der Waals surface area contributed by atoms with Crippen molar-refractivity contribution in [2.45, 2.75) is 26.3 Å². The van der Waals surface area contributed by atoms with E-state index in [-0.39, 0.29) is 5.54 Å². The summed E-state index contributed by atoms with van der Waals surface area (Å²) in [4.78, 5) is 8.33. The van der Waals surface area contributed by atoms with Crippen LogP contribution in [0.3, 0.4) is 0 Å². The third-order valence-corrected chi connectivity index (χ3v) is 2.31. The van der Waals surface area contributed by atoms with E-state index in [0.29, 0.717) is 5.15 Å². The normalized spacial score (nSPS) is 12.4. The Labute approximate surface area is 97.5 Å². The predicted molar refractivity (Wildman–Crippen MR) is 64.3 cm³/mol. The van der Waals surface area contributed by atoms with E-state index in [0.717, 1.165) is 10.0 Å². The van der Waals surface area contributed by atoms with Crippen molar-refractivity contribution >= 4 is 33.7 Å². The molecule has 0 radical (unpaired) electrons. The average Bonchev–Trinajstić information content (AvgIpc) is 2.05. The molecule has 0 saturated carbocycles. The fourth-order valence-corrected chi connectivity index (χ4v) is 1.28. The first kappa shape index (κ1) is 11.7. The second-order valence-corrected chi connectivity index (χ2v) is 5.20. The summed E-state index contributed by atoms with van der Waals surface area (Å²) in [5, 5.41) is 0.476. The topological polar surface area (TPSA) is 25.2 Å². The van der Waals surface area contributed by atoms with Gasteiger partial charge in [-0.1, -0.05) is 11.6 Å². The van der Waals surface area contributed by atoms with Gasteiger partial charge in [0.1, 0.15) is 5.15 Å². The fraction of sp³-hybridized carbons (Fsp3) is 0.400. The van der Waals surface area contributed by atoms with Crippen molar-refractivity contribution in [3.63, 3.8) is 0 Å². The molecule has 0 bridgehead atoms. The van der Waals surface area contributed by atoms with Crippen LogP contribution in [0.2, 0.25) is 5.15 Å². The Morgan fingerprint density at radius 2 is 2.14 bits per heavy atom. The van der Waals surface area contributed by atoms with Crippen molar-refractivity contribution in [3.05, 3.63) is 27.5 Å². The van der Waals surface area contributed by atoms with Gasteiger partial charge >= 0.3 is 0 Å². The Hall–Kier alpha value is -0.410. The third-order valence-electron chi connectivity index (χ3n) is 1.44. The first-order valence-electron chi connectivity index (χ1n) is 4.25. The molecule has 2 nitrogen and oxygen atoms in total. The zero-order valence-electron chi connectivity index (χ0n) is 8.38. The number of rotatable bonds is 1. The number of hydrogen-bond acceptors (Lipinski definition) is 2. The van der Waals surface area contributed by atoms with Gasteiger partial charge in [-0.25, -0.2) is 4.98 Å². The monoisotopic (exact) mass is 274 g/mol. The van der Waals surface area contributed by atoms with Gasteiger partial charge in [0.2, 0.25) is 0 Å². The summed E-state index contributed by atoms with van der Waals surface area (Å²) in [6.45, 7) is 6.13. The molecule has 0 saturated heterocycles. The van der Waals surface area contributed by atoms with Crippen LogP contribution < -0.4 is 0 Å². The summed E-state index contributed by atoms with van der Waals surface area (Å²) in [5.41, 5.74) is 0.870. The van der Waals surface area contributed by atoms with Crippen molar-refractivity contribution in [1.29, 1.82) is 0 Å². The molecule has 14 heavy (non-hydrogen) atoms. The molecule has 1 aromatic rings. The highest BCUT2D eigenvalue weighted by Crippen LogP contribution is 2.17. The van der Waals surface area contributed by atoms with Gasteiger partial charge in [-0.2, -0.15) is 0 Å². The van der Waals surface area contributed by atoms with Gasteiger partial charge < -0.3 is 0 Å². The van der Waals surface area contributed by atoms with Crippen LogP contribution in [-0.2, 0) is 0 Å². The van der Waals surface area contributed by atoms with E-state index in [4.69, 9.17) is 11.6 Å². The highest BCUT2D eigenvalue weighted by molar-refractivity contribution is 9.10. The number of pyridine rings is 1. The summed E-state index contributed by atoms with van der Waals surface area (Å²) in [6.07, 6.45) is 3.48. The number of nitrogens with zero attached hydrogens (tertiary/aromatic N) is 2. The third kappa shape index (κ3) is 3.76. The highest BCUT2D eigenvalue weighted by Gasteiger charge is 2.06. The van der Waals surface area contributed by atoms with Crippen LogP contribution in [0.4, 0.5) is 0 Å². The van der Waals surface area contributed by atoms with Crippen LogP contribution >= 0.6 is 27.5 Å². The molecule has 0 unspecified atom stereocenters. The molecule has 0 spiro atoms. The first-order valence-corrected chi connectivity index (χ1v) is 5.42. The van der Waals surface area contributed by atoms with Gasteiger partial charge in [-0.3, -0.25) is 4.99 Å². The Morgan fingerprint density at radius 3 is 2.71 bits per heavy atom. The highest BCUT2D eigenvalue weighted by atomic mass is 79.9. The molecule has 0 atom stereocenters. The number of hydrogen-bond donors (Lipinski definition) is 0. The van der Waals surface area contributed by atoms with Gasteiger partial charge in [0.05, 0.1) is 5.54 Å². The van der Waals surface area contributed by atoms with Gasteiger partial charge in [-0.15, -0.1) is 0 Å². The van der Waals surface area contributed by atoms with Crippen LogP contribution in [0, 0.1) is 0 Å². The summed E-state index contributed by atoms with van der Waals surface area (Å²) >= 11 is 9.16. The maximum Gasteiger partial charge on any atom is 0.129 e. The fourth-order valence-electron chi connectivity index (χ4n) is 0.790. The largest absolute Gasteiger partial charge is 0.287 e. The summed E-state index contributed by atoms with van der Waals surface area (Å²) in [7, 11) is 0. The Kier molecular flexibility index (Phi) is 3.67. The maximum atomic E-state index is 5.77. The van der Waals surface area contributed by atoms with Crippen LogP contribution in [0.25, 0.3) is 0 Å². The molecule has 0 aliphatic rings. The molecule has 0 aliphatic carbocycles. The molecule has 76 valence electrons. The Bertz CT molecular complexity index is 356. The van der Waals surface area contributed by atoms with E-state index in [1.807, 2.05) is 20.8 Å². The van der Waals surface area contributed by atoms with Gasteiger partial charge in [-0.05, 0) is 42.8 Å². The van der Waals surface area contributed by atoms with E-state index in [1.54, 1.807) is 18.5 Å². The smallest absolute Gasteiger partial charge is 0.129 e. The molecule has 0 aliphatic heterocycles. The second-order valence-electron chi connectivity index (χ2n) is 3.96. The minimum Gasteiger partial charge on any atom is -0.287 e. The quantitative estimate of drug-likeness (QED) is 0.566. The van der Waals surface area contributed by atoms with E-state index in [2.05, 4.69) is 25.9 Å². The van der Waals surface area contributed by atoms with Crippen LogP contribution in [-0.4, -0.2) is 16.7 Å². The summed E-state index contributed by atoms with van der Waals surface area (Å²) < 4.78 is 0.898. The van der Waals surface area contributed by atoms with E-state index >= 15 is 0 Å². The van der Waals surface area contributed by atoms with E-state index in [9.17, 15) is 0 Å². The first-order chi connectivity index (χ1) is 6.38. The number of aromatic nitrogens is 1. The summed E-state index contributed by atoms with van der Waals surface area (Å²) in [6, 6.07) is 1.78. The molecule has 0 N–H and O–H groups in total. The number of halogens is 2. The molecule has 0 amide bonds. The molecule has 0 fully saturated rings. The second kappa shape index (κ2) is 4.41. The summed E-state index contributed by atoms with van der Waals surface area (Å²) in [5.74, 6) is 0. The lowest BCUT2D eigenvalue weighted by molar-refractivity contribution is 0.586. The molecule has 1 heterocycles. The molecular weight excluding hydrogens is 263 g/mol. The zero-order valence-corrected chi connectivity index (χ0v) is 10.7. The van der Waals surface area contributed by atoms with Crippen molar-refractivity contribution in [3.8, 4) is 0 Å². The van der Waals surface area contributed by atoms with E-state index in [1.165, 1.54) is 0 Å². The standard InChI is InChI=1S/C10H12BrClN2/c1-10(2,3)14-5-7-4-9(12)13-6-8(7)11/h4-6H,1-3H3/b14-5+. The van der Waals surface area contributed by atoms with Crippen LogP contribution in [0.1, 0.15) is 26.3 Å². The molecule has 0 aromatic carbocycles. The minimum atomic E-state index is -0.0742. The minimum absolute atomic E-state index is 0.0742. The molecule has 1 aromatic heterocycles. The van der Waals surface area contributed by atoms with Gasteiger partial charge in [0.25, 0.3) is 0 Å². The molecule has 4 heteroatoms. The Morgan fingerprint density at radius 1 is 1.50 bits per heavy atom. The van der Waals surface area contributed by atoms with Crippen molar-refractivity contribution < 1.29 is 0 Å². The average molecular weight is 276 g/mol. The van der Waals surface area contributed by atoms with Crippen molar-refractivity contribution in [2.75, 3.05) is 0 Å². The lowest BCUT2D eigenvalue weighted by Crippen LogP contribution is -2.09. The van der Waals surface area contributed by atoms with E-state index < -0.39 is 0 Å². The maximum absolute atomic E-state index is 5.77. The predicted octanol–water partition coefficient (Wildman–Crippen LogP) is 3.71. The zero-order chi connectivity index (χ0) is 10.8. The lowest BCUT2D eigenvalue weighted by Gasteiger charge is -2.11. The van der Waals surface area contributed by atoms with Gasteiger partial charge in [0.15, 0.2) is 0 Å². The van der Waals surface area contributed by atoms with Crippen molar-refractivity contribution in [1.82, 2.24) is 4.98 Å². The SMILES string of the molecule is CC(C)(C)/N=C/c1cc(Cl)ncc1Br. The molecule has 1 rings (SSSR count). The Balaban J connectivity index is 2.97. The van der Waals surface area contributed by atoms with Gasteiger partial charge in [0, 0.05) is 22.4 Å². The van der Waals surface area contributed by atoms with Crippen LogP contribution in [0.5, 0.6) is 0 Å². The van der Waals surface area contributed by atoms with Crippen molar-refractivity contribution in [2.24, 2.45) is 4.99 Å². The van der Waals surface area contributed by atoms with Crippen LogP contribution in [0.15, 0.2) is 21.7 Å². The molecular formula is C10H12BrClN2. The number of aliphatic imine (C=N–C) groups is 1.